The number of benzene rings is 1. The Hall–Kier alpha value is -1.54. The summed E-state index contributed by atoms with van der Waals surface area (Å²) in [4.78, 5) is 4.12. The number of halogens is 1. The molecule has 0 N–H and O–H groups in total. The van der Waals surface area contributed by atoms with Crippen LogP contribution in [0.15, 0.2) is 42.6 Å². The van der Waals surface area contributed by atoms with Crippen molar-refractivity contribution >= 4 is 11.6 Å². The van der Waals surface area contributed by atoms with Crippen LogP contribution in [0.2, 0.25) is 0 Å². The van der Waals surface area contributed by atoms with Crippen molar-refractivity contribution in [3.63, 3.8) is 0 Å². The molecule has 0 aliphatic rings. The number of hydrogen-bond donors (Lipinski definition) is 0. The molecule has 0 aliphatic carbocycles. The Morgan fingerprint density at radius 1 is 1.18 bits per heavy atom. The second kappa shape index (κ2) is 5.69. The van der Waals surface area contributed by atoms with E-state index in [1.54, 1.807) is 6.20 Å². The molecule has 17 heavy (non-hydrogen) atoms. The van der Waals surface area contributed by atoms with Gasteiger partial charge in [-0.1, -0.05) is 19.1 Å². The Morgan fingerprint density at radius 3 is 2.76 bits per heavy atom. The van der Waals surface area contributed by atoms with Crippen LogP contribution in [0.3, 0.4) is 0 Å². The minimum atomic E-state index is 0.395. The number of ether oxygens (including phenoxy) is 1. The third kappa shape index (κ3) is 3.21. The average molecular weight is 248 g/mol. The van der Waals surface area contributed by atoms with Gasteiger partial charge in [0.15, 0.2) is 0 Å². The van der Waals surface area contributed by atoms with Crippen LogP contribution in [-0.2, 0) is 12.3 Å². The van der Waals surface area contributed by atoms with Crippen LogP contribution in [0.5, 0.6) is 11.5 Å². The molecule has 0 amide bonds. The van der Waals surface area contributed by atoms with Gasteiger partial charge in [-0.05, 0) is 30.2 Å². The Bertz CT molecular complexity index is 454. The van der Waals surface area contributed by atoms with E-state index >= 15 is 0 Å². The molecule has 0 fully saturated rings. The van der Waals surface area contributed by atoms with Crippen molar-refractivity contribution in [2.45, 2.75) is 19.2 Å². The molecule has 0 radical (unpaired) electrons. The van der Waals surface area contributed by atoms with E-state index in [2.05, 4.69) is 18.0 Å². The fourth-order valence-electron chi connectivity index (χ4n) is 1.56. The highest BCUT2D eigenvalue weighted by Gasteiger charge is 2.00. The molecule has 2 rings (SSSR count). The molecule has 0 unspecified atom stereocenters. The Morgan fingerprint density at radius 2 is 2.00 bits per heavy atom. The Balaban J connectivity index is 2.18. The van der Waals surface area contributed by atoms with E-state index in [1.165, 1.54) is 5.56 Å². The number of rotatable bonds is 4. The summed E-state index contributed by atoms with van der Waals surface area (Å²) in [6, 6.07) is 11.8. The number of nitrogens with zero attached hydrogens (tertiary/aromatic N) is 1. The van der Waals surface area contributed by atoms with Gasteiger partial charge in [0, 0.05) is 12.3 Å². The molecule has 1 heterocycles. The molecule has 1 aromatic heterocycles. The van der Waals surface area contributed by atoms with E-state index in [0.29, 0.717) is 5.88 Å². The highest BCUT2D eigenvalue weighted by molar-refractivity contribution is 6.16. The summed E-state index contributed by atoms with van der Waals surface area (Å²) < 4.78 is 5.76. The molecular formula is C14H14ClNO. The maximum atomic E-state index is 5.76. The summed E-state index contributed by atoms with van der Waals surface area (Å²) in [6.45, 7) is 2.12. The monoisotopic (exact) mass is 247 g/mol. The van der Waals surface area contributed by atoms with Gasteiger partial charge in [-0.3, -0.25) is 4.98 Å². The number of aromatic nitrogens is 1. The van der Waals surface area contributed by atoms with Gasteiger partial charge in [0.05, 0.1) is 11.6 Å². The lowest BCUT2D eigenvalue weighted by Crippen LogP contribution is -1.89. The molecule has 2 aromatic rings. The smallest absolute Gasteiger partial charge is 0.130 e. The van der Waals surface area contributed by atoms with Crippen LogP contribution >= 0.6 is 11.6 Å². The normalized spacial score (nSPS) is 10.2. The van der Waals surface area contributed by atoms with Gasteiger partial charge in [0.1, 0.15) is 11.5 Å². The average Bonchev–Trinajstić information content (AvgIpc) is 2.39. The second-order valence-corrected chi connectivity index (χ2v) is 3.99. The molecule has 3 heteroatoms. The van der Waals surface area contributed by atoms with E-state index in [1.807, 2.05) is 30.3 Å². The zero-order valence-electron chi connectivity index (χ0n) is 9.69. The fourth-order valence-corrected chi connectivity index (χ4v) is 1.70. The van der Waals surface area contributed by atoms with Crippen molar-refractivity contribution in [1.82, 2.24) is 4.98 Å². The minimum Gasteiger partial charge on any atom is -0.457 e. The van der Waals surface area contributed by atoms with Crippen molar-refractivity contribution < 1.29 is 4.74 Å². The molecule has 1 aromatic carbocycles. The molecule has 2 nitrogen and oxygen atoms in total. The molecule has 0 saturated carbocycles. The first-order valence-corrected chi connectivity index (χ1v) is 6.13. The molecule has 0 bridgehead atoms. The SMILES string of the molecule is CCc1cccc(Oc2ccnc(CCl)c2)c1. The van der Waals surface area contributed by atoms with E-state index in [-0.39, 0.29) is 0 Å². The maximum absolute atomic E-state index is 5.76. The van der Waals surface area contributed by atoms with Crippen LogP contribution in [0.4, 0.5) is 0 Å². The Kier molecular flexibility index (Phi) is 3.99. The summed E-state index contributed by atoms with van der Waals surface area (Å²) in [7, 11) is 0. The lowest BCUT2D eigenvalue weighted by Gasteiger charge is -2.07. The molecule has 0 spiro atoms. The maximum Gasteiger partial charge on any atom is 0.130 e. The fraction of sp³-hybridized carbons (Fsp3) is 0.214. The van der Waals surface area contributed by atoms with Crippen LogP contribution in [0.1, 0.15) is 18.2 Å². The zero-order chi connectivity index (χ0) is 12.1. The first kappa shape index (κ1) is 11.9. The molecule has 0 saturated heterocycles. The van der Waals surface area contributed by atoms with Gasteiger partial charge in [-0.15, -0.1) is 11.6 Å². The lowest BCUT2D eigenvalue weighted by molar-refractivity contribution is 0.480. The van der Waals surface area contributed by atoms with E-state index in [4.69, 9.17) is 16.3 Å². The Labute approximate surface area is 106 Å². The van der Waals surface area contributed by atoms with Crippen LogP contribution < -0.4 is 4.74 Å². The van der Waals surface area contributed by atoms with Crippen molar-refractivity contribution in [2.24, 2.45) is 0 Å². The van der Waals surface area contributed by atoms with Crippen molar-refractivity contribution in [3.8, 4) is 11.5 Å². The third-order valence-corrected chi connectivity index (χ3v) is 2.74. The molecule has 0 atom stereocenters. The summed E-state index contributed by atoms with van der Waals surface area (Å²) in [6.07, 6.45) is 2.71. The third-order valence-electron chi connectivity index (χ3n) is 2.47. The first-order chi connectivity index (χ1) is 8.31. The van der Waals surface area contributed by atoms with Gasteiger partial charge >= 0.3 is 0 Å². The second-order valence-electron chi connectivity index (χ2n) is 3.72. The molecule has 88 valence electrons. The number of alkyl halides is 1. The van der Waals surface area contributed by atoms with Gasteiger partial charge in [0.25, 0.3) is 0 Å². The van der Waals surface area contributed by atoms with Crippen molar-refractivity contribution in [3.05, 3.63) is 53.9 Å². The highest BCUT2D eigenvalue weighted by atomic mass is 35.5. The number of hydrogen-bond acceptors (Lipinski definition) is 2. The van der Waals surface area contributed by atoms with E-state index < -0.39 is 0 Å². The van der Waals surface area contributed by atoms with E-state index in [0.717, 1.165) is 23.6 Å². The highest BCUT2D eigenvalue weighted by Crippen LogP contribution is 2.22. The lowest BCUT2D eigenvalue weighted by atomic mass is 10.2. The van der Waals surface area contributed by atoms with Gasteiger partial charge in [0.2, 0.25) is 0 Å². The minimum absolute atomic E-state index is 0.395. The van der Waals surface area contributed by atoms with Crippen LogP contribution in [-0.4, -0.2) is 4.98 Å². The summed E-state index contributed by atoms with van der Waals surface area (Å²) in [5, 5.41) is 0. The number of aryl methyl sites for hydroxylation is 1. The summed E-state index contributed by atoms with van der Waals surface area (Å²) >= 11 is 5.73. The summed E-state index contributed by atoms with van der Waals surface area (Å²) in [5.74, 6) is 2.01. The van der Waals surface area contributed by atoms with Crippen LogP contribution in [0.25, 0.3) is 0 Å². The zero-order valence-corrected chi connectivity index (χ0v) is 10.4. The quantitative estimate of drug-likeness (QED) is 0.757. The number of pyridine rings is 1. The van der Waals surface area contributed by atoms with Crippen molar-refractivity contribution in [1.29, 1.82) is 0 Å². The predicted molar refractivity (Wildman–Crippen MR) is 69.7 cm³/mol. The standard InChI is InChI=1S/C14H14ClNO/c1-2-11-4-3-5-13(8-11)17-14-6-7-16-12(9-14)10-15/h3-9H,2,10H2,1H3. The van der Waals surface area contributed by atoms with E-state index in [9.17, 15) is 0 Å². The predicted octanol–water partition coefficient (Wildman–Crippen LogP) is 4.18. The first-order valence-electron chi connectivity index (χ1n) is 5.59. The van der Waals surface area contributed by atoms with Gasteiger partial charge in [-0.2, -0.15) is 0 Å². The van der Waals surface area contributed by atoms with Crippen molar-refractivity contribution in [2.75, 3.05) is 0 Å². The van der Waals surface area contributed by atoms with Gasteiger partial charge in [-0.25, -0.2) is 0 Å². The topological polar surface area (TPSA) is 22.1 Å². The van der Waals surface area contributed by atoms with Gasteiger partial charge < -0.3 is 4.74 Å². The largest absolute Gasteiger partial charge is 0.457 e. The summed E-state index contributed by atoms with van der Waals surface area (Å²) in [5.41, 5.74) is 2.07. The van der Waals surface area contributed by atoms with Crippen LogP contribution in [0, 0.1) is 0 Å². The molecule has 0 aliphatic heterocycles. The molecular weight excluding hydrogens is 234 g/mol.